The fourth-order valence-corrected chi connectivity index (χ4v) is 3.46. The van der Waals surface area contributed by atoms with E-state index in [-0.39, 0.29) is 13.2 Å². The van der Waals surface area contributed by atoms with Crippen molar-refractivity contribution in [3.05, 3.63) is 0 Å². The number of cyclic esters (lactones) is 1. The molecule has 1 amide bonds. The molecule has 0 aromatic heterocycles. The number of ether oxygens (including phenoxy) is 1. The Morgan fingerprint density at radius 3 is 2.20 bits per heavy atom. The molecule has 1 aliphatic heterocycles. The van der Waals surface area contributed by atoms with Crippen molar-refractivity contribution in [2.45, 2.75) is 13.8 Å². The van der Waals surface area contributed by atoms with Crippen LogP contribution in [0.25, 0.3) is 0 Å². The third kappa shape index (κ3) is 3.53. The van der Waals surface area contributed by atoms with Crippen LogP contribution in [0.1, 0.15) is 13.8 Å². The van der Waals surface area contributed by atoms with Gasteiger partial charge in [0.1, 0.15) is 0 Å². The molecule has 7 nitrogen and oxygen atoms in total. The number of hydrogen-bond acceptors (Lipinski definition) is 6. The molecule has 1 saturated heterocycles. The molecule has 0 aromatic carbocycles. The van der Waals surface area contributed by atoms with Crippen molar-refractivity contribution < 1.29 is 25.3 Å². The van der Waals surface area contributed by atoms with E-state index >= 15 is 0 Å². The van der Waals surface area contributed by atoms with Crippen LogP contribution in [0.4, 0.5) is 4.79 Å². The quantitative estimate of drug-likeness (QED) is 0.562. The van der Waals surface area contributed by atoms with Crippen LogP contribution in [-0.4, -0.2) is 34.3 Å². The number of nitrogens with zero attached hydrogens (tertiary/aromatic N) is 1. The Morgan fingerprint density at radius 2 is 1.87 bits per heavy atom. The predicted octanol–water partition coefficient (Wildman–Crippen LogP) is 0.816. The molecule has 0 aromatic rings. The van der Waals surface area contributed by atoms with E-state index in [9.17, 15) is 14.4 Å². The van der Waals surface area contributed by atoms with Gasteiger partial charge in [0.2, 0.25) is 0 Å². The topological polar surface area (TPSA) is 82.1 Å². The van der Waals surface area contributed by atoms with Crippen molar-refractivity contribution in [2.75, 3.05) is 13.2 Å². The molecule has 0 saturated carbocycles. The van der Waals surface area contributed by atoms with Crippen molar-refractivity contribution in [2.24, 2.45) is 0 Å². The molecule has 0 spiro atoms. The summed E-state index contributed by atoms with van der Waals surface area (Å²) < 4.78 is 15.5. The average molecular weight is 331 g/mol. The second-order valence-electron chi connectivity index (χ2n) is 2.54. The molecular formula is C7H10INO6. The van der Waals surface area contributed by atoms with Crippen molar-refractivity contribution in [1.29, 1.82) is 0 Å². The Kier molecular flexibility index (Phi) is 4.12. The zero-order valence-electron chi connectivity index (χ0n) is 8.19. The zero-order valence-corrected chi connectivity index (χ0v) is 10.3. The molecule has 0 bridgehead atoms. The van der Waals surface area contributed by atoms with Crippen molar-refractivity contribution in [3.63, 3.8) is 0 Å². The second kappa shape index (κ2) is 5.14. The molecule has 1 rings (SSSR count). The van der Waals surface area contributed by atoms with Crippen molar-refractivity contribution in [1.82, 2.24) is 3.11 Å². The van der Waals surface area contributed by atoms with Crippen LogP contribution in [0, 0.1) is 0 Å². The van der Waals surface area contributed by atoms with Crippen LogP contribution >= 0.6 is 20.9 Å². The fraction of sp³-hybridized carbons (Fsp3) is 0.571. The van der Waals surface area contributed by atoms with Crippen LogP contribution in [0.15, 0.2) is 0 Å². The first-order chi connectivity index (χ1) is 7.00. The summed E-state index contributed by atoms with van der Waals surface area (Å²) in [6.07, 6.45) is -0.609. The summed E-state index contributed by atoms with van der Waals surface area (Å²) in [6, 6.07) is 0. The van der Waals surface area contributed by atoms with Gasteiger partial charge in [0.15, 0.2) is 0 Å². The molecule has 1 aliphatic rings. The first kappa shape index (κ1) is 12.0. The maximum absolute atomic E-state index is 11.1. The van der Waals surface area contributed by atoms with Crippen molar-refractivity contribution in [3.8, 4) is 0 Å². The molecule has 0 aliphatic carbocycles. The van der Waals surface area contributed by atoms with E-state index in [2.05, 4.69) is 4.74 Å². The molecule has 1 heterocycles. The Morgan fingerprint density at radius 1 is 1.33 bits per heavy atom. The Hall–Kier alpha value is -1.06. The molecule has 8 heteroatoms. The molecule has 86 valence electrons. The van der Waals surface area contributed by atoms with E-state index in [1.807, 2.05) is 0 Å². The third-order valence-corrected chi connectivity index (χ3v) is 5.05. The van der Waals surface area contributed by atoms with Gasteiger partial charge in [0.25, 0.3) is 0 Å². The van der Waals surface area contributed by atoms with Gasteiger partial charge in [-0.2, -0.15) is 0 Å². The van der Waals surface area contributed by atoms with Crippen LogP contribution < -0.4 is 0 Å². The third-order valence-electron chi connectivity index (χ3n) is 1.23. The molecule has 0 unspecified atom stereocenters. The van der Waals surface area contributed by atoms with Crippen LogP contribution in [-0.2, 0) is 20.5 Å². The van der Waals surface area contributed by atoms with Gasteiger partial charge in [-0.25, -0.2) is 0 Å². The fourth-order valence-electron chi connectivity index (χ4n) is 0.785. The minimum absolute atomic E-state index is 0.218. The number of rotatable bonds is 3. The van der Waals surface area contributed by atoms with Gasteiger partial charge in [-0.1, -0.05) is 0 Å². The average Bonchev–Trinajstić information content (AvgIpc) is 2.48. The van der Waals surface area contributed by atoms with Crippen molar-refractivity contribution >= 4 is 39.0 Å². The number of halogens is 1. The van der Waals surface area contributed by atoms with E-state index in [4.69, 9.17) is 6.13 Å². The first-order valence-electron chi connectivity index (χ1n) is 4.03. The Balaban J connectivity index is 2.65. The van der Waals surface area contributed by atoms with E-state index in [1.165, 1.54) is 17.0 Å². The first-order valence-corrected chi connectivity index (χ1v) is 6.76. The SMILES string of the molecule is CC(=O)OI(OC(C)=O)N1CCOC1=O. The zero-order chi connectivity index (χ0) is 11.4. The molecule has 15 heavy (non-hydrogen) atoms. The molecule has 1 fully saturated rings. The van der Waals surface area contributed by atoms with Crippen LogP contribution in [0.2, 0.25) is 0 Å². The van der Waals surface area contributed by atoms with Gasteiger partial charge in [0, 0.05) is 0 Å². The number of carbonyl (C=O) groups is 3. The summed E-state index contributed by atoms with van der Waals surface area (Å²) in [5.41, 5.74) is 0. The van der Waals surface area contributed by atoms with Crippen LogP contribution in [0.5, 0.6) is 0 Å². The van der Waals surface area contributed by atoms with Gasteiger partial charge < -0.3 is 0 Å². The summed E-state index contributed by atoms with van der Waals surface area (Å²) in [5, 5.41) is 0. The van der Waals surface area contributed by atoms with E-state index in [0.29, 0.717) is 0 Å². The molecule has 0 atom stereocenters. The van der Waals surface area contributed by atoms with Gasteiger partial charge >= 0.3 is 94.3 Å². The monoisotopic (exact) mass is 331 g/mol. The molecule has 0 radical (unpaired) electrons. The van der Waals surface area contributed by atoms with E-state index in [1.54, 1.807) is 0 Å². The molecule has 0 N–H and O–H groups in total. The standard InChI is InChI=1S/C7H10INO6/c1-5(10)14-8(15-6(2)11)9-3-4-13-7(9)12/h3-4H2,1-2H3. The van der Waals surface area contributed by atoms with Gasteiger partial charge in [-0.3, -0.25) is 0 Å². The normalized spacial score (nSPS) is 15.7. The second-order valence-corrected chi connectivity index (χ2v) is 5.73. The maximum atomic E-state index is 11.1. The molecular weight excluding hydrogens is 321 g/mol. The van der Waals surface area contributed by atoms with Gasteiger partial charge in [0.05, 0.1) is 0 Å². The van der Waals surface area contributed by atoms with Crippen LogP contribution in [0.3, 0.4) is 0 Å². The summed E-state index contributed by atoms with van der Waals surface area (Å²) in [6.45, 7) is 2.88. The number of amides is 1. The van der Waals surface area contributed by atoms with Gasteiger partial charge in [-0.05, 0) is 0 Å². The number of carbonyl (C=O) groups excluding carboxylic acids is 3. The Bertz CT molecular complexity index is 277. The predicted molar refractivity (Wildman–Crippen MR) is 55.6 cm³/mol. The summed E-state index contributed by atoms with van der Waals surface area (Å²) in [7, 11) is 0. The van der Waals surface area contributed by atoms with Gasteiger partial charge in [-0.15, -0.1) is 0 Å². The minimum atomic E-state index is -2.99. The number of hydrogen-bond donors (Lipinski definition) is 0. The van der Waals surface area contributed by atoms with E-state index in [0.717, 1.165) is 0 Å². The Labute approximate surface area is 94.5 Å². The summed E-state index contributed by atoms with van der Waals surface area (Å²) in [5.74, 6) is -1.16. The van der Waals surface area contributed by atoms with E-state index < -0.39 is 39.0 Å². The summed E-state index contributed by atoms with van der Waals surface area (Å²) in [4.78, 5) is 32.6. The summed E-state index contributed by atoms with van der Waals surface area (Å²) >= 11 is -2.99.